The van der Waals surface area contributed by atoms with Crippen LogP contribution in [-0.2, 0) is 4.79 Å². The zero-order valence-electron chi connectivity index (χ0n) is 21.0. The van der Waals surface area contributed by atoms with Crippen molar-refractivity contribution >= 4 is 23.2 Å². The van der Waals surface area contributed by atoms with E-state index < -0.39 is 0 Å². The molecule has 1 N–H and O–H groups in total. The zero-order chi connectivity index (χ0) is 25.5. The third-order valence-corrected chi connectivity index (χ3v) is 5.80. The number of piperazine rings is 1. The molecule has 10 heteroatoms. The van der Waals surface area contributed by atoms with E-state index in [0.717, 1.165) is 31.9 Å². The maximum atomic E-state index is 12.6. The summed E-state index contributed by atoms with van der Waals surface area (Å²) in [7, 11) is 4.55. The van der Waals surface area contributed by atoms with Crippen LogP contribution in [0.5, 0.6) is 23.1 Å². The molecule has 0 bridgehead atoms. The Bertz CT molecular complexity index is 1160. The standard InChI is InChI=1S/C26H31N5O5/c1-18-14-24(29-26(27-18)31-12-10-30(11-13-31)20-8-6-5-7-9-20)36-17-23(32)28-19-15-21(33-2)25(35-4)22(16-19)34-3/h5-9,14-16H,10-13,17H2,1-4H3,(H,28,32). The van der Waals surface area contributed by atoms with E-state index in [1.54, 1.807) is 18.2 Å². The van der Waals surface area contributed by atoms with Crippen LogP contribution in [0, 0.1) is 6.92 Å². The number of anilines is 3. The fraction of sp³-hybridized carbons (Fsp3) is 0.346. The van der Waals surface area contributed by atoms with E-state index in [0.29, 0.717) is 34.8 Å². The van der Waals surface area contributed by atoms with Gasteiger partial charge in [0.25, 0.3) is 5.91 Å². The van der Waals surface area contributed by atoms with Crippen LogP contribution in [-0.4, -0.2) is 70.0 Å². The number of rotatable bonds is 9. The van der Waals surface area contributed by atoms with Crippen molar-refractivity contribution in [3.05, 3.63) is 54.2 Å². The molecule has 0 atom stereocenters. The molecule has 4 rings (SSSR count). The normalized spacial score (nSPS) is 13.2. The molecular weight excluding hydrogens is 462 g/mol. The number of amides is 1. The van der Waals surface area contributed by atoms with Crippen molar-refractivity contribution < 1.29 is 23.7 Å². The molecule has 1 aromatic heterocycles. The van der Waals surface area contributed by atoms with Gasteiger partial charge >= 0.3 is 0 Å². The predicted molar refractivity (Wildman–Crippen MR) is 138 cm³/mol. The maximum absolute atomic E-state index is 12.6. The first-order valence-corrected chi connectivity index (χ1v) is 11.6. The molecule has 190 valence electrons. The summed E-state index contributed by atoms with van der Waals surface area (Å²) < 4.78 is 21.7. The van der Waals surface area contributed by atoms with Crippen LogP contribution in [0.15, 0.2) is 48.5 Å². The molecule has 0 unspecified atom stereocenters. The van der Waals surface area contributed by atoms with Gasteiger partial charge in [0.1, 0.15) is 0 Å². The number of ether oxygens (including phenoxy) is 4. The van der Waals surface area contributed by atoms with Crippen LogP contribution in [0.25, 0.3) is 0 Å². The molecule has 0 saturated carbocycles. The number of benzene rings is 2. The minimum Gasteiger partial charge on any atom is -0.493 e. The molecule has 1 amide bonds. The van der Waals surface area contributed by atoms with Gasteiger partial charge in [0.05, 0.1) is 21.3 Å². The highest BCUT2D eigenvalue weighted by Gasteiger charge is 2.20. The second kappa shape index (κ2) is 11.5. The van der Waals surface area contributed by atoms with Gasteiger partial charge in [-0.05, 0) is 19.1 Å². The van der Waals surface area contributed by atoms with Crippen molar-refractivity contribution in [3.63, 3.8) is 0 Å². The molecule has 2 heterocycles. The number of aromatic nitrogens is 2. The highest BCUT2D eigenvalue weighted by Crippen LogP contribution is 2.39. The van der Waals surface area contributed by atoms with Crippen molar-refractivity contribution in [2.24, 2.45) is 0 Å². The molecule has 36 heavy (non-hydrogen) atoms. The molecule has 0 spiro atoms. The number of nitrogens with zero attached hydrogens (tertiary/aromatic N) is 4. The molecule has 0 radical (unpaired) electrons. The summed E-state index contributed by atoms with van der Waals surface area (Å²) >= 11 is 0. The molecule has 10 nitrogen and oxygen atoms in total. The Balaban J connectivity index is 1.36. The van der Waals surface area contributed by atoms with E-state index in [-0.39, 0.29) is 12.5 Å². The van der Waals surface area contributed by atoms with E-state index in [1.165, 1.54) is 27.0 Å². The van der Waals surface area contributed by atoms with Crippen LogP contribution < -0.4 is 34.1 Å². The lowest BCUT2D eigenvalue weighted by atomic mass is 10.2. The number of carbonyl (C=O) groups excluding carboxylic acids is 1. The summed E-state index contributed by atoms with van der Waals surface area (Å²) in [6.07, 6.45) is 0. The number of hydrogen-bond acceptors (Lipinski definition) is 9. The molecule has 2 aromatic carbocycles. The van der Waals surface area contributed by atoms with Crippen molar-refractivity contribution in [2.45, 2.75) is 6.92 Å². The summed E-state index contributed by atoms with van der Waals surface area (Å²) in [6, 6.07) is 15.4. The Kier molecular flexibility index (Phi) is 7.94. The molecule has 1 fully saturated rings. The quantitative estimate of drug-likeness (QED) is 0.482. The van der Waals surface area contributed by atoms with Gasteiger partial charge in [-0.15, -0.1) is 0 Å². The van der Waals surface area contributed by atoms with Crippen LogP contribution in [0.4, 0.5) is 17.3 Å². The molecule has 1 aliphatic heterocycles. The summed E-state index contributed by atoms with van der Waals surface area (Å²) in [4.78, 5) is 26.2. The molecule has 1 saturated heterocycles. The van der Waals surface area contributed by atoms with Gasteiger partial charge in [-0.25, -0.2) is 4.98 Å². The SMILES string of the molecule is COc1cc(NC(=O)COc2cc(C)nc(N3CCN(c4ccccc4)CC3)n2)cc(OC)c1OC. The minimum absolute atomic E-state index is 0.214. The lowest BCUT2D eigenvalue weighted by Crippen LogP contribution is -2.47. The zero-order valence-corrected chi connectivity index (χ0v) is 21.0. The van der Waals surface area contributed by atoms with E-state index >= 15 is 0 Å². The van der Waals surface area contributed by atoms with Crippen LogP contribution in [0.3, 0.4) is 0 Å². The van der Waals surface area contributed by atoms with Crippen molar-refractivity contribution in [2.75, 3.05) is 69.2 Å². The number of para-hydroxylation sites is 1. The molecule has 0 aliphatic carbocycles. The topological polar surface area (TPSA) is 98.3 Å². The van der Waals surface area contributed by atoms with E-state index in [4.69, 9.17) is 18.9 Å². The Morgan fingerprint density at radius 2 is 1.53 bits per heavy atom. The highest BCUT2D eigenvalue weighted by atomic mass is 16.5. The third-order valence-electron chi connectivity index (χ3n) is 5.80. The van der Waals surface area contributed by atoms with Crippen molar-refractivity contribution in [1.29, 1.82) is 0 Å². The van der Waals surface area contributed by atoms with E-state index in [1.807, 2.05) is 25.1 Å². The first kappa shape index (κ1) is 24.9. The highest BCUT2D eigenvalue weighted by molar-refractivity contribution is 5.92. The molecule has 3 aromatic rings. The van der Waals surface area contributed by atoms with Crippen LogP contribution in [0.2, 0.25) is 0 Å². The maximum Gasteiger partial charge on any atom is 0.262 e. The average molecular weight is 494 g/mol. The molecule has 1 aliphatic rings. The number of hydrogen-bond donors (Lipinski definition) is 1. The Hall–Kier alpha value is -4.21. The second-order valence-corrected chi connectivity index (χ2v) is 8.21. The lowest BCUT2D eigenvalue weighted by Gasteiger charge is -2.36. The van der Waals surface area contributed by atoms with Gasteiger partial charge in [0.2, 0.25) is 17.6 Å². The van der Waals surface area contributed by atoms with Crippen LogP contribution in [0.1, 0.15) is 5.69 Å². The van der Waals surface area contributed by atoms with Gasteiger partial charge in [0, 0.05) is 61.4 Å². The van der Waals surface area contributed by atoms with Crippen molar-refractivity contribution in [1.82, 2.24) is 9.97 Å². The van der Waals surface area contributed by atoms with Gasteiger partial charge < -0.3 is 34.1 Å². The second-order valence-electron chi connectivity index (χ2n) is 8.21. The average Bonchev–Trinajstić information content (AvgIpc) is 2.91. The summed E-state index contributed by atoms with van der Waals surface area (Å²) in [5.74, 6) is 1.93. The summed E-state index contributed by atoms with van der Waals surface area (Å²) in [6.45, 7) is 4.99. The minimum atomic E-state index is -0.349. The van der Waals surface area contributed by atoms with E-state index in [2.05, 4.69) is 37.2 Å². The largest absolute Gasteiger partial charge is 0.493 e. The number of nitrogens with one attached hydrogen (secondary N) is 1. The fourth-order valence-corrected chi connectivity index (χ4v) is 4.03. The lowest BCUT2D eigenvalue weighted by molar-refractivity contribution is -0.118. The Labute approximate surface area is 210 Å². The van der Waals surface area contributed by atoms with Crippen LogP contribution >= 0.6 is 0 Å². The Morgan fingerprint density at radius 1 is 0.889 bits per heavy atom. The van der Waals surface area contributed by atoms with Gasteiger partial charge in [0.15, 0.2) is 18.1 Å². The predicted octanol–water partition coefficient (Wildman–Crippen LogP) is 3.15. The van der Waals surface area contributed by atoms with Gasteiger partial charge in [-0.1, -0.05) is 18.2 Å². The van der Waals surface area contributed by atoms with E-state index in [9.17, 15) is 4.79 Å². The fourth-order valence-electron chi connectivity index (χ4n) is 4.03. The van der Waals surface area contributed by atoms with Gasteiger partial charge in [-0.3, -0.25) is 4.79 Å². The Morgan fingerprint density at radius 3 is 2.14 bits per heavy atom. The monoisotopic (exact) mass is 493 g/mol. The number of methoxy groups -OCH3 is 3. The summed E-state index contributed by atoms with van der Waals surface area (Å²) in [5, 5.41) is 2.79. The first-order valence-electron chi connectivity index (χ1n) is 11.6. The van der Waals surface area contributed by atoms with Crippen molar-refractivity contribution in [3.8, 4) is 23.1 Å². The third kappa shape index (κ3) is 5.88. The smallest absolute Gasteiger partial charge is 0.262 e. The first-order chi connectivity index (χ1) is 17.5. The number of aryl methyl sites for hydroxylation is 1. The summed E-state index contributed by atoms with van der Waals surface area (Å²) in [5.41, 5.74) is 2.48. The molecular formula is C26H31N5O5. The number of carbonyl (C=O) groups is 1. The van der Waals surface area contributed by atoms with Gasteiger partial charge in [-0.2, -0.15) is 4.98 Å².